The summed E-state index contributed by atoms with van der Waals surface area (Å²) in [7, 11) is 3.78. The fraction of sp³-hybridized carbons (Fsp3) is 0.353. The van der Waals surface area contributed by atoms with Gasteiger partial charge in [-0.05, 0) is 36.2 Å². The fourth-order valence-electron chi connectivity index (χ4n) is 2.81. The summed E-state index contributed by atoms with van der Waals surface area (Å²) in [5.74, 6) is 0.987. The van der Waals surface area contributed by atoms with Crippen molar-refractivity contribution in [3.63, 3.8) is 0 Å². The Kier molecular flexibility index (Phi) is 4.45. The molecule has 2 heterocycles. The number of benzene rings is 1. The lowest BCUT2D eigenvalue weighted by Crippen LogP contribution is -2.48. The van der Waals surface area contributed by atoms with Gasteiger partial charge < -0.3 is 9.64 Å². The van der Waals surface area contributed by atoms with Gasteiger partial charge in [0.05, 0.1) is 18.7 Å². The van der Waals surface area contributed by atoms with Gasteiger partial charge in [-0.25, -0.2) is 0 Å². The number of nitrogens with zero attached hydrogens (tertiary/aromatic N) is 2. The van der Waals surface area contributed by atoms with Crippen molar-refractivity contribution in [1.29, 1.82) is 0 Å². The first-order valence-corrected chi connectivity index (χ1v) is 8.29. The van der Waals surface area contributed by atoms with Crippen LogP contribution in [0.2, 0.25) is 0 Å². The van der Waals surface area contributed by atoms with Crippen LogP contribution in [0.4, 0.5) is 0 Å². The number of piperazine rings is 1. The molecule has 0 radical (unpaired) electrons. The molecular weight excluding hydrogens is 296 g/mol. The maximum Gasteiger partial charge on any atom is 0.254 e. The number of rotatable bonds is 3. The van der Waals surface area contributed by atoms with E-state index in [-0.39, 0.29) is 11.9 Å². The normalized spacial score (nSPS) is 19.2. The van der Waals surface area contributed by atoms with Crippen LogP contribution in [0.1, 0.15) is 22.0 Å². The van der Waals surface area contributed by atoms with E-state index < -0.39 is 0 Å². The molecule has 1 amide bonds. The fourth-order valence-corrected chi connectivity index (χ4v) is 3.44. The minimum atomic E-state index is 0.132. The van der Waals surface area contributed by atoms with Crippen LogP contribution in [0.3, 0.4) is 0 Å². The number of ether oxygens (including phenoxy) is 1. The van der Waals surface area contributed by atoms with E-state index in [1.165, 1.54) is 5.56 Å². The van der Waals surface area contributed by atoms with Crippen LogP contribution in [-0.4, -0.2) is 49.5 Å². The van der Waals surface area contributed by atoms with Crippen molar-refractivity contribution in [2.24, 2.45) is 0 Å². The second kappa shape index (κ2) is 6.50. The van der Waals surface area contributed by atoms with Crippen LogP contribution in [0.15, 0.2) is 41.1 Å². The third kappa shape index (κ3) is 3.00. The number of carbonyl (C=O) groups is 1. The summed E-state index contributed by atoms with van der Waals surface area (Å²) in [6, 6.07) is 10.2. The van der Waals surface area contributed by atoms with Crippen molar-refractivity contribution in [3.8, 4) is 5.75 Å². The first kappa shape index (κ1) is 15.1. The lowest BCUT2D eigenvalue weighted by atomic mass is 10.0. The average molecular weight is 316 g/mol. The summed E-state index contributed by atoms with van der Waals surface area (Å²) in [6.45, 7) is 2.38. The van der Waals surface area contributed by atoms with E-state index in [4.69, 9.17) is 4.74 Å². The molecule has 5 heteroatoms. The van der Waals surface area contributed by atoms with Crippen molar-refractivity contribution >= 4 is 17.2 Å². The maximum absolute atomic E-state index is 12.5. The molecule has 22 heavy (non-hydrogen) atoms. The highest BCUT2D eigenvalue weighted by atomic mass is 32.1. The molecular formula is C17H20N2O2S. The van der Waals surface area contributed by atoms with Crippen molar-refractivity contribution in [1.82, 2.24) is 9.80 Å². The Balaban J connectivity index is 1.77. The largest absolute Gasteiger partial charge is 0.497 e. The molecule has 1 aromatic carbocycles. The lowest BCUT2D eigenvalue weighted by molar-refractivity contribution is 0.0546. The minimum absolute atomic E-state index is 0.132. The average Bonchev–Trinajstić information content (AvgIpc) is 3.09. The summed E-state index contributed by atoms with van der Waals surface area (Å²) in [5, 5.41) is 3.87. The Bertz CT molecular complexity index is 625. The Labute approximate surface area is 134 Å². The van der Waals surface area contributed by atoms with Gasteiger partial charge in [-0.15, -0.1) is 0 Å². The van der Waals surface area contributed by atoms with Gasteiger partial charge in [0.25, 0.3) is 5.91 Å². The highest BCUT2D eigenvalue weighted by molar-refractivity contribution is 7.08. The van der Waals surface area contributed by atoms with Gasteiger partial charge >= 0.3 is 0 Å². The molecule has 3 rings (SSSR count). The Morgan fingerprint density at radius 2 is 2.00 bits per heavy atom. The van der Waals surface area contributed by atoms with E-state index in [9.17, 15) is 4.79 Å². The van der Waals surface area contributed by atoms with Crippen molar-refractivity contribution in [3.05, 3.63) is 52.2 Å². The van der Waals surface area contributed by atoms with Gasteiger partial charge in [-0.3, -0.25) is 9.69 Å². The molecule has 1 saturated heterocycles. The third-order valence-electron chi connectivity index (χ3n) is 4.20. The molecule has 1 aliphatic heterocycles. The Morgan fingerprint density at radius 1 is 1.23 bits per heavy atom. The van der Waals surface area contributed by atoms with Crippen LogP contribution >= 0.6 is 11.3 Å². The predicted octanol–water partition coefficient (Wildman–Crippen LogP) is 2.89. The summed E-state index contributed by atoms with van der Waals surface area (Å²) in [6.07, 6.45) is 0. The quantitative estimate of drug-likeness (QED) is 0.873. The molecule has 0 unspecified atom stereocenters. The van der Waals surface area contributed by atoms with Crippen LogP contribution < -0.4 is 4.74 Å². The van der Waals surface area contributed by atoms with Crippen LogP contribution in [0.5, 0.6) is 5.75 Å². The van der Waals surface area contributed by atoms with E-state index in [0.717, 1.165) is 30.9 Å². The monoisotopic (exact) mass is 316 g/mol. The van der Waals surface area contributed by atoms with Crippen molar-refractivity contribution in [2.75, 3.05) is 33.8 Å². The minimum Gasteiger partial charge on any atom is -0.497 e. The standard InChI is InChI=1S/C17H20N2O2S/c1-18-8-9-19(17(20)14-7-10-22-12-14)11-16(18)13-3-5-15(21-2)6-4-13/h3-7,10,12,16H,8-9,11H2,1-2H3/t16-/m0/s1. The van der Waals surface area contributed by atoms with Gasteiger partial charge in [-0.1, -0.05) is 12.1 Å². The van der Waals surface area contributed by atoms with Crippen molar-refractivity contribution in [2.45, 2.75) is 6.04 Å². The van der Waals surface area contributed by atoms with Crippen LogP contribution in [-0.2, 0) is 0 Å². The Hall–Kier alpha value is -1.85. The molecule has 2 aromatic rings. The number of hydrogen-bond donors (Lipinski definition) is 0. The molecule has 1 fully saturated rings. The number of methoxy groups -OCH3 is 1. The van der Waals surface area contributed by atoms with Gasteiger partial charge in [0, 0.05) is 25.0 Å². The second-order valence-corrected chi connectivity index (χ2v) is 6.31. The summed E-state index contributed by atoms with van der Waals surface area (Å²) >= 11 is 1.56. The predicted molar refractivity (Wildman–Crippen MR) is 88.6 cm³/mol. The second-order valence-electron chi connectivity index (χ2n) is 5.53. The number of thiophene rings is 1. The maximum atomic E-state index is 12.5. The zero-order chi connectivity index (χ0) is 15.5. The van der Waals surface area contributed by atoms with E-state index in [1.807, 2.05) is 33.9 Å². The molecule has 0 saturated carbocycles. The highest BCUT2D eigenvalue weighted by Gasteiger charge is 2.29. The molecule has 4 nitrogen and oxygen atoms in total. The molecule has 1 atom stereocenters. The number of hydrogen-bond acceptors (Lipinski definition) is 4. The summed E-state index contributed by atoms with van der Waals surface area (Å²) in [4.78, 5) is 16.8. The molecule has 0 bridgehead atoms. The van der Waals surface area contributed by atoms with Gasteiger partial charge in [0.2, 0.25) is 0 Å². The third-order valence-corrected chi connectivity index (χ3v) is 4.89. The van der Waals surface area contributed by atoms with E-state index in [0.29, 0.717) is 0 Å². The molecule has 1 aliphatic rings. The number of carbonyl (C=O) groups excluding carboxylic acids is 1. The zero-order valence-corrected chi connectivity index (χ0v) is 13.7. The SMILES string of the molecule is COc1ccc([C@@H]2CN(C(=O)c3ccsc3)CCN2C)cc1. The number of amides is 1. The van der Waals surface area contributed by atoms with E-state index in [2.05, 4.69) is 24.1 Å². The Morgan fingerprint density at radius 3 is 2.64 bits per heavy atom. The topological polar surface area (TPSA) is 32.8 Å². The first-order chi connectivity index (χ1) is 10.7. The number of likely N-dealkylation sites (N-methyl/N-ethyl adjacent to an activating group) is 1. The smallest absolute Gasteiger partial charge is 0.254 e. The zero-order valence-electron chi connectivity index (χ0n) is 12.9. The summed E-state index contributed by atoms with van der Waals surface area (Å²) in [5.41, 5.74) is 2.01. The van der Waals surface area contributed by atoms with Crippen LogP contribution in [0, 0.1) is 0 Å². The molecule has 0 aliphatic carbocycles. The van der Waals surface area contributed by atoms with Gasteiger partial charge in [0.15, 0.2) is 0 Å². The molecule has 116 valence electrons. The molecule has 0 spiro atoms. The lowest BCUT2D eigenvalue weighted by Gasteiger charge is -2.39. The summed E-state index contributed by atoms with van der Waals surface area (Å²) < 4.78 is 5.21. The van der Waals surface area contributed by atoms with E-state index >= 15 is 0 Å². The molecule has 1 aromatic heterocycles. The van der Waals surface area contributed by atoms with Crippen LogP contribution in [0.25, 0.3) is 0 Å². The highest BCUT2D eigenvalue weighted by Crippen LogP contribution is 2.26. The molecule has 0 N–H and O–H groups in total. The van der Waals surface area contributed by atoms with Gasteiger partial charge in [-0.2, -0.15) is 11.3 Å². The van der Waals surface area contributed by atoms with E-state index in [1.54, 1.807) is 18.4 Å². The first-order valence-electron chi connectivity index (χ1n) is 7.34. The van der Waals surface area contributed by atoms with Gasteiger partial charge in [0.1, 0.15) is 5.75 Å². The van der Waals surface area contributed by atoms with Crippen molar-refractivity contribution < 1.29 is 9.53 Å².